The molecule has 0 spiro atoms. The number of nitrogens with zero attached hydrogens (tertiary/aromatic N) is 1. The molecule has 4 nitrogen and oxygen atoms in total. The lowest BCUT2D eigenvalue weighted by Crippen LogP contribution is -2.03. The van der Waals surface area contributed by atoms with E-state index in [1.165, 1.54) is 24.0 Å². The summed E-state index contributed by atoms with van der Waals surface area (Å²) in [6.07, 6.45) is 0.194. The fourth-order valence-electron chi connectivity index (χ4n) is 2.36. The number of aromatic nitrogens is 1. The molecule has 3 rings (SSSR count). The summed E-state index contributed by atoms with van der Waals surface area (Å²) in [5.74, 6) is -0.284. The number of nitrogens with one attached hydrogen (secondary N) is 1. The largest absolute Gasteiger partial charge is 0.469 e. The van der Waals surface area contributed by atoms with Crippen molar-refractivity contribution in [2.24, 2.45) is 0 Å². The Kier molecular flexibility index (Phi) is 5.68. The molecule has 2 aromatic carbocycles. The highest BCUT2D eigenvalue weighted by atomic mass is 35.5. The molecule has 0 atom stereocenters. The summed E-state index contributed by atoms with van der Waals surface area (Å²) in [7, 11) is 1.39. The minimum atomic E-state index is -0.284. The van der Waals surface area contributed by atoms with Crippen molar-refractivity contribution in [2.75, 3.05) is 12.4 Å². The van der Waals surface area contributed by atoms with Gasteiger partial charge in [-0.1, -0.05) is 54.1 Å². The molecule has 1 aromatic heterocycles. The topological polar surface area (TPSA) is 51.2 Å². The molecule has 3 aromatic rings. The molecule has 0 amide bonds. The lowest BCUT2D eigenvalue weighted by atomic mass is 10.1. The van der Waals surface area contributed by atoms with E-state index in [2.05, 4.69) is 22.4 Å². The lowest BCUT2D eigenvalue weighted by molar-refractivity contribution is -0.139. The average Bonchev–Trinajstić information content (AvgIpc) is 3.04. The van der Waals surface area contributed by atoms with Crippen molar-refractivity contribution in [1.29, 1.82) is 0 Å². The fraction of sp³-hybridized carbons (Fsp3) is 0.158. The predicted octanol–water partition coefficient (Wildman–Crippen LogP) is 4.79. The molecule has 0 unspecified atom stereocenters. The first-order valence-corrected chi connectivity index (χ1v) is 8.95. The molecule has 0 saturated carbocycles. The van der Waals surface area contributed by atoms with Gasteiger partial charge in [0.05, 0.1) is 19.2 Å². The number of esters is 1. The van der Waals surface area contributed by atoms with Crippen molar-refractivity contribution in [2.45, 2.75) is 13.0 Å². The van der Waals surface area contributed by atoms with Crippen molar-refractivity contribution < 1.29 is 9.53 Å². The van der Waals surface area contributed by atoms with Crippen LogP contribution in [0.2, 0.25) is 5.02 Å². The summed E-state index contributed by atoms with van der Waals surface area (Å²) >= 11 is 7.43. The number of rotatable bonds is 6. The Balaban J connectivity index is 1.85. The first-order chi connectivity index (χ1) is 12.2. The van der Waals surface area contributed by atoms with Crippen molar-refractivity contribution in [1.82, 2.24) is 4.98 Å². The van der Waals surface area contributed by atoms with Crippen LogP contribution < -0.4 is 5.32 Å². The van der Waals surface area contributed by atoms with E-state index in [1.54, 1.807) is 0 Å². The molecule has 0 aliphatic carbocycles. The van der Waals surface area contributed by atoms with Crippen LogP contribution in [0, 0.1) is 0 Å². The van der Waals surface area contributed by atoms with Crippen LogP contribution >= 0.6 is 22.9 Å². The van der Waals surface area contributed by atoms with E-state index in [4.69, 9.17) is 16.3 Å². The Morgan fingerprint density at radius 1 is 1.16 bits per heavy atom. The zero-order valence-electron chi connectivity index (χ0n) is 13.7. The van der Waals surface area contributed by atoms with Crippen LogP contribution in [0.3, 0.4) is 0 Å². The van der Waals surface area contributed by atoms with Crippen molar-refractivity contribution >= 4 is 34.0 Å². The predicted molar refractivity (Wildman–Crippen MR) is 102 cm³/mol. The number of benzene rings is 2. The van der Waals surface area contributed by atoms with Gasteiger partial charge in [-0.05, 0) is 17.7 Å². The molecule has 0 fully saturated rings. The van der Waals surface area contributed by atoms with Crippen LogP contribution in [0.5, 0.6) is 0 Å². The van der Waals surface area contributed by atoms with Crippen LogP contribution in [-0.4, -0.2) is 18.1 Å². The van der Waals surface area contributed by atoms with Gasteiger partial charge in [-0.2, -0.15) is 0 Å². The number of carbonyl (C=O) groups is 1. The van der Waals surface area contributed by atoms with Gasteiger partial charge in [-0.3, -0.25) is 4.79 Å². The third kappa shape index (κ3) is 4.59. The highest BCUT2D eigenvalue weighted by Crippen LogP contribution is 2.32. The summed E-state index contributed by atoms with van der Waals surface area (Å²) < 4.78 is 4.80. The normalized spacial score (nSPS) is 10.5. The fourth-order valence-corrected chi connectivity index (χ4v) is 3.45. The number of thiazole rings is 1. The van der Waals surface area contributed by atoms with Gasteiger partial charge in [-0.25, -0.2) is 4.98 Å². The number of methoxy groups -OCH3 is 1. The second-order valence-electron chi connectivity index (χ2n) is 5.39. The van der Waals surface area contributed by atoms with E-state index >= 15 is 0 Å². The van der Waals surface area contributed by atoms with Crippen molar-refractivity contribution in [3.05, 3.63) is 70.1 Å². The minimum absolute atomic E-state index is 0.194. The van der Waals surface area contributed by atoms with Gasteiger partial charge in [0, 0.05) is 22.0 Å². The number of anilines is 1. The van der Waals surface area contributed by atoms with E-state index in [1.807, 2.05) is 42.5 Å². The zero-order valence-corrected chi connectivity index (χ0v) is 15.2. The van der Waals surface area contributed by atoms with Gasteiger partial charge < -0.3 is 10.1 Å². The Morgan fingerprint density at radius 2 is 1.88 bits per heavy atom. The highest BCUT2D eigenvalue weighted by Gasteiger charge is 2.16. The molecule has 0 saturated heterocycles. The number of ether oxygens (including phenoxy) is 1. The third-order valence-corrected chi connectivity index (χ3v) is 4.90. The van der Waals surface area contributed by atoms with Crippen LogP contribution in [0.1, 0.15) is 10.4 Å². The summed E-state index contributed by atoms with van der Waals surface area (Å²) in [6, 6.07) is 17.5. The Morgan fingerprint density at radius 3 is 2.56 bits per heavy atom. The molecule has 0 radical (unpaired) electrons. The Hall–Kier alpha value is -2.37. The van der Waals surface area contributed by atoms with Crippen LogP contribution in [0.25, 0.3) is 11.3 Å². The van der Waals surface area contributed by atoms with Gasteiger partial charge in [0.2, 0.25) is 0 Å². The first kappa shape index (κ1) is 17.5. The van der Waals surface area contributed by atoms with Crippen LogP contribution in [0.4, 0.5) is 5.13 Å². The van der Waals surface area contributed by atoms with E-state index in [0.29, 0.717) is 11.6 Å². The minimum Gasteiger partial charge on any atom is -0.469 e. The second kappa shape index (κ2) is 8.14. The van der Waals surface area contributed by atoms with Gasteiger partial charge in [-0.15, -0.1) is 11.3 Å². The van der Waals surface area contributed by atoms with E-state index in [0.717, 1.165) is 21.3 Å². The second-order valence-corrected chi connectivity index (χ2v) is 6.91. The summed E-state index contributed by atoms with van der Waals surface area (Å²) in [4.78, 5) is 17.3. The van der Waals surface area contributed by atoms with Gasteiger partial charge in [0.15, 0.2) is 5.13 Å². The Labute approximate surface area is 155 Å². The van der Waals surface area contributed by atoms with E-state index in [-0.39, 0.29) is 12.4 Å². The van der Waals surface area contributed by atoms with Gasteiger partial charge in [0.25, 0.3) is 0 Å². The summed E-state index contributed by atoms with van der Waals surface area (Å²) in [5, 5.41) is 4.76. The highest BCUT2D eigenvalue weighted by molar-refractivity contribution is 7.16. The lowest BCUT2D eigenvalue weighted by Gasteiger charge is -2.02. The monoisotopic (exact) mass is 372 g/mol. The van der Waals surface area contributed by atoms with Crippen LogP contribution in [-0.2, 0) is 22.5 Å². The first-order valence-electron chi connectivity index (χ1n) is 7.76. The standard InChI is InChI=1S/C19H17ClN2O2S/c1-24-17(23)11-16-18(14-7-9-15(20)10-8-14)22-19(25-16)21-12-13-5-3-2-4-6-13/h2-10H,11-12H2,1H3,(H,21,22). The average molecular weight is 373 g/mol. The number of hydrogen-bond donors (Lipinski definition) is 1. The molecule has 0 bridgehead atoms. The third-order valence-electron chi connectivity index (χ3n) is 3.63. The Bertz CT molecular complexity index is 848. The maximum atomic E-state index is 11.7. The molecule has 0 aliphatic rings. The number of hydrogen-bond acceptors (Lipinski definition) is 5. The number of halogens is 1. The van der Waals surface area contributed by atoms with Gasteiger partial charge >= 0.3 is 5.97 Å². The maximum absolute atomic E-state index is 11.7. The molecule has 128 valence electrons. The molecule has 25 heavy (non-hydrogen) atoms. The van der Waals surface area contributed by atoms with E-state index in [9.17, 15) is 4.79 Å². The molecule has 1 heterocycles. The van der Waals surface area contributed by atoms with Crippen LogP contribution in [0.15, 0.2) is 54.6 Å². The molecule has 6 heteroatoms. The zero-order chi connectivity index (χ0) is 17.6. The molecular formula is C19H17ClN2O2S. The molecule has 0 aliphatic heterocycles. The molecule has 1 N–H and O–H groups in total. The maximum Gasteiger partial charge on any atom is 0.310 e. The van der Waals surface area contributed by atoms with Crippen molar-refractivity contribution in [3.63, 3.8) is 0 Å². The molecular weight excluding hydrogens is 356 g/mol. The smallest absolute Gasteiger partial charge is 0.310 e. The van der Waals surface area contributed by atoms with Gasteiger partial charge in [0.1, 0.15) is 0 Å². The van der Waals surface area contributed by atoms with Crippen molar-refractivity contribution in [3.8, 4) is 11.3 Å². The quantitative estimate of drug-likeness (QED) is 0.632. The summed E-state index contributed by atoms with van der Waals surface area (Å²) in [5.41, 5.74) is 2.87. The SMILES string of the molecule is COC(=O)Cc1sc(NCc2ccccc2)nc1-c1ccc(Cl)cc1. The summed E-state index contributed by atoms with van der Waals surface area (Å²) in [6.45, 7) is 0.673. The van der Waals surface area contributed by atoms with E-state index < -0.39 is 0 Å². The number of carbonyl (C=O) groups excluding carboxylic acids is 1.